The summed E-state index contributed by atoms with van der Waals surface area (Å²) < 4.78 is 0. The van der Waals surface area contributed by atoms with Gasteiger partial charge < -0.3 is 16.0 Å². The number of benzene rings is 1. The molecule has 0 aromatic heterocycles. The molecule has 8 nitrogen and oxygen atoms in total. The Labute approximate surface area is 188 Å². The van der Waals surface area contributed by atoms with Crippen molar-refractivity contribution in [1.82, 2.24) is 15.5 Å². The molecule has 1 aromatic rings. The van der Waals surface area contributed by atoms with Gasteiger partial charge in [0.25, 0.3) is 0 Å². The number of nitrogens with one attached hydrogen (secondary N) is 3. The van der Waals surface area contributed by atoms with E-state index in [0.29, 0.717) is 32.0 Å². The fourth-order valence-electron chi connectivity index (χ4n) is 5.03. The van der Waals surface area contributed by atoms with Crippen molar-refractivity contribution < 1.29 is 14.4 Å². The number of amides is 3. The van der Waals surface area contributed by atoms with Gasteiger partial charge in [-0.2, -0.15) is 0 Å². The van der Waals surface area contributed by atoms with E-state index in [2.05, 4.69) is 33.1 Å². The maximum absolute atomic E-state index is 12.7. The van der Waals surface area contributed by atoms with E-state index >= 15 is 0 Å². The number of likely N-dealkylation sites (tertiary alicyclic amines) is 1. The van der Waals surface area contributed by atoms with Gasteiger partial charge in [0.2, 0.25) is 17.7 Å². The van der Waals surface area contributed by atoms with E-state index in [-0.39, 0.29) is 41.4 Å². The Morgan fingerprint density at radius 1 is 1.06 bits per heavy atom. The molecule has 3 N–H and O–H groups in total. The van der Waals surface area contributed by atoms with Crippen molar-refractivity contribution in [2.75, 3.05) is 25.5 Å². The maximum Gasteiger partial charge on any atom is 0.233 e. The first-order valence-electron chi connectivity index (χ1n) is 11.4. The van der Waals surface area contributed by atoms with Crippen LogP contribution in [0.1, 0.15) is 31.7 Å². The molecule has 2 bridgehead atoms. The van der Waals surface area contributed by atoms with Crippen LogP contribution in [-0.4, -0.2) is 48.7 Å². The molecule has 1 aromatic carbocycles. The van der Waals surface area contributed by atoms with E-state index in [1.165, 1.54) is 4.90 Å². The number of guanidine groups is 1. The van der Waals surface area contributed by atoms with Crippen molar-refractivity contribution in [3.8, 4) is 0 Å². The molecule has 170 valence electrons. The second-order valence-corrected chi connectivity index (χ2v) is 8.68. The van der Waals surface area contributed by atoms with Gasteiger partial charge in [-0.1, -0.05) is 31.2 Å². The number of allylic oxidation sites excluding steroid dienone is 2. The Balaban J connectivity index is 1.22. The zero-order chi connectivity index (χ0) is 22.7. The average molecular weight is 438 g/mol. The Bertz CT molecular complexity index is 909. The molecular weight excluding hydrogens is 406 g/mol. The molecule has 32 heavy (non-hydrogen) atoms. The molecular formula is C24H31N5O3. The quantitative estimate of drug-likeness (QED) is 0.249. The van der Waals surface area contributed by atoms with Crippen molar-refractivity contribution in [2.45, 2.75) is 32.7 Å². The molecule has 0 radical (unpaired) electrons. The van der Waals surface area contributed by atoms with E-state index < -0.39 is 0 Å². The van der Waals surface area contributed by atoms with E-state index in [9.17, 15) is 14.4 Å². The van der Waals surface area contributed by atoms with Crippen LogP contribution >= 0.6 is 0 Å². The van der Waals surface area contributed by atoms with Crippen LogP contribution in [0, 0.1) is 23.7 Å². The Morgan fingerprint density at radius 3 is 2.31 bits per heavy atom. The number of carbonyl (C=O) groups is 3. The molecule has 2 fully saturated rings. The van der Waals surface area contributed by atoms with Crippen molar-refractivity contribution in [2.24, 2.45) is 28.7 Å². The number of hydrogen-bond acceptors (Lipinski definition) is 4. The largest absolute Gasteiger partial charge is 0.355 e. The fourth-order valence-corrected chi connectivity index (χ4v) is 5.03. The van der Waals surface area contributed by atoms with Crippen molar-refractivity contribution >= 4 is 29.4 Å². The predicted octanol–water partition coefficient (Wildman–Crippen LogP) is 1.90. The Hall–Kier alpha value is -3.16. The standard InChI is InChI=1S/C24H31N5O3/c1-3-4-19(30)28-18-9-5-15(6-10-18)14-27-24(25-2)26-11-12-29-22(31)20-16-7-8-17(13-16)21(20)23(29)32/h5-10,16-17,20-21H,3-4,11-14H2,1-2H3,(H,28,30)(H2,25,26,27). The van der Waals surface area contributed by atoms with Crippen LogP contribution in [0.15, 0.2) is 41.4 Å². The maximum atomic E-state index is 12.7. The molecule has 1 saturated heterocycles. The predicted molar refractivity (Wildman–Crippen MR) is 123 cm³/mol. The van der Waals surface area contributed by atoms with Gasteiger partial charge in [0.05, 0.1) is 11.8 Å². The normalized spacial score (nSPS) is 25.9. The Morgan fingerprint density at radius 2 is 1.72 bits per heavy atom. The highest BCUT2D eigenvalue weighted by molar-refractivity contribution is 6.06. The summed E-state index contributed by atoms with van der Waals surface area (Å²) in [5, 5.41) is 9.29. The lowest BCUT2D eigenvalue weighted by Crippen LogP contribution is -2.43. The molecule has 3 amide bonds. The Kier molecular flexibility index (Phi) is 6.58. The molecule has 3 aliphatic rings. The smallest absolute Gasteiger partial charge is 0.233 e. The zero-order valence-electron chi connectivity index (χ0n) is 18.6. The highest BCUT2D eigenvalue weighted by Crippen LogP contribution is 2.52. The first kappa shape index (κ1) is 22.0. The van der Waals surface area contributed by atoms with Crippen LogP contribution in [0.4, 0.5) is 5.69 Å². The highest BCUT2D eigenvalue weighted by Gasteiger charge is 2.58. The number of nitrogens with zero attached hydrogens (tertiary/aromatic N) is 2. The summed E-state index contributed by atoms with van der Waals surface area (Å²) in [6.07, 6.45) is 6.49. The average Bonchev–Trinajstić information content (AvgIpc) is 3.47. The van der Waals surface area contributed by atoms with E-state index in [1.54, 1.807) is 7.05 Å². The topological polar surface area (TPSA) is 103 Å². The lowest BCUT2D eigenvalue weighted by Gasteiger charge is -2.18. The van der Waals surface area contributed by atoms with Gasteiger partial charge >= 0.3 is 0 Å². The van der Waals surface area contributed by atoms with Crippen molar-refractivity contribution in [1.29, 1.82) is 0 Å². The number of imide groups is 1. The summed E-state index contributed by atoms with van der Waals surface area (Å²) in [5.74, 6) is 0.756. The molecule has 1 heterocycles. The number of anilines is 1. The molecule has 4 atom stereocenters. The van der Waals surface area contributed by atoms with Crippen LogP contribution < -0.4 is 16.0 Å². The third-order valence-electron chi connectivity index (χ3n) is 6.59. The summed E-state index contributed by atoms with van der Waals surface area (Å²) in [7, 11) is 1.68. The summed E-state index contributed by atoms with van der Waals surface area (Å²) in [6.45, 7) is 3.32. The lowest BCUT2D eigenvalue weighted by molar-refractivity contribution is -0.140. The van der Waals surface area contributed by atoms with Gasteiger partial charge in [0.1, 0.15) is 0 Å². The number of rotatable bonds is 8. The molecule has 1 saturated carbocycles. The summed E-state index contributed by atoms with van der Waals surface area (Å²) in [5.41, 5.74) is 1.82. The number of carbonyl (C=O) groups excluding carboxylic acids is 3. The van der Waals surface area contributed by atoms with E-state index in [4.69, 9.17) is 0 Å². The summed E-state index contributed by atoms with van der Waals surface area (Å²) >= 11 is 0. The van der Waals surface area contributed by atoms with Gasteiger partial charge in [-0.15, -0.1) is 0 Å². The molecule has 8 heteroatoms. The van der Waals surface area contributed by atoms with Gasteiger partial charge in [0.15, 0.2) is 5.96 Å². The summed E-state index contributed by atoms with van der Waals surface area (Å²) in [4.78, 5) is 42.8. The second-order valence-electron chi connectivity index (χ2n) is 8.68. The van der Waals surface area contributed by atoms with Crippen LogP contribution in [0.3, 0.4) is 0 Å². The van der Waals surface area contributed by atoms with Crippen LogP contribution in [0.2, 0.25) is 0 Å². The zero-order valence-corrected chi connectivity index (χ0v) is 18.6. The number of fused-ring (bicyclic) bond motifs is 5. The van der Waals surface area contributed by atoms with Crippen LogP contribution in [0.5, 0.6) is 0 Å². The minimum absolute atomic E-state index is 0.0190. The third-order valence-corrected chi connectivity index (χ3v) is 6.59. The molecule has 1 aliphatic heterocycles. The van der Waals surface area contributed by atoms with Gasteiger partial charge in [0, 0.05) is 38.8 Å². The van der Waals surface area contributed by atoms with Crippen molar-refractivity contribution in [3.05, 3.63) is 42.0 Å². The molecule has 0 spiro atoms. The van der Waals surface area contributed by atoms with Gasteiger partial charge in [-0.3, -0.25) is 24.3 Å². The highest BCUT2D eigenvalue weighted by atomic mass is 16.2. The lowest BCUT2D eigenvalue weighted by atomic mass is 9.85. The van der Waals surface area contributed by atoms with Gasteiger partial charge in [-0.25, -0.2) is 0 Å². The fraction of sp³-hybridized carbons (Fsp3) is 0.500. The molecule has 4 rings (SSSR count). The summed E-state index contributed by atoms with van der Waals surface area (Å²) in [6, 6.07) is 7.66. The van der Waals surface area contributed by atoms with Gasteiger partial charge in [-0.05, 0) is 42.4 Å². The van der Waals surface area contributed by atoms with Crippen LogP contribution in [0.25, 0.3) is 0 Å². The van der Waals surface area contributed by atoms with E-state index in [0.717, 1.165) is 24.1 Å². The number of hydrogen-bond donors (Lipinski definition) is 3. The number of aliphatic imine (C=N–C) groups is 1. The van der Waals surface area contributed by atoms with E-state index in [1.807, 2.05) is 31.2 Å². The molecule has 2 aliphatic carbocycles. The minimum atomic E-state index is -0.148. The first-order chi connectivity index (χ1) is 15.5. The second kappa shape index (κ2) is 9.54. The van der Waals surface area contributed by atoms with Crippen molar-refractivity contribution in [3.63, 3.8) is 0 Å². The SMILES string of the molecule is CCCC(=O)Nc1ccc(CNC(=NC)NCCN2C(=O)C3C4C=CC(C4)C3C2=O)cc1. The molecule has 4 unspecified atom stereocenters. The third kappa shape index (κ3) is 4.40. The van der Waals surface area contributed by atoms with Crippen LogP contribution in [-0.2, 0) is 20.9 Å². The minimum Gasteiger partial charge on any atom is -0.355 e. The monoisotopic (exact) mass is 437 g/mol. The first-order valence-corrected chi connectivity index (χ1v) is 11.4.